The quantitative estimate of drug-likeness (QED) is 0.889. The number of halogens is 2. The van der Waals surface area contributed by atoms with E-state index in [1.165, 1.54) is 6.92 Å². The number of hydrogen-bond donors (Lipinski definition) is 2. The molecule has 0 aliphatic carbocycles. The molecule has 21 heavy (non-hydrogen) atoms. The summed E-state index contributed by atoms with van der Waals surface area (Å²) in [5.41, 5.74) is 1.50. The van der Waals surface area contributed by atoms with Gasteiger partial charge in [0.2, 0.25) is 5.91 Å². The summed E-state index contributed by atoms with van der Waals surface area (Å²) in [7, 11) is 0. The molecule has 0 atom stereocenters. The molecular weight excluding hydrogens is 311 g/mol. The molecule has 2 amide bonds. The van der Waals surface area contributed by atoms with Crippen LogP contribution in [0.15, 0.2) is 42.5 Å². The first-order chi connectivity index (χ1) is 9.95. The molecule has 2 N–H and O–H groups in total. The normalized spacial score (nSPS) is 10.0. The van der Waals surface area contributed by atoms with Crippen molar-refractivity contribution in [2.75, 3.05) is 10.6 Å². The molecule has 0 aliphatic heterocycles. The third-order valence-corrected chi connectivity index (χ3v) is 3.21. The monoisotopic (exact) mass is 322 g/mol. The predicted molar refractivity (Wildman–Crippen MR) is 85.2 cm³/mol. The smallest absolute Gasteiger partial charge is 0.255 e. The van der Waals surface area contributed by atoms with Gasteiger partial charge >= 0.3 is 0 Å². The molecule has 0 radical (unpaired) electrons. The molecule has 0 aromatic heterocycles. The molecule has 108 valence electrons. The lowest BCUT2D eigenvalue weighted by Crippen LogP contribution is -2.12. The van der Waals surface area contributed by atoms with Gasteiger partial charge in [0.05, 0.1) is 10.7 Å². The minimum Gasteiger partial charge on any atom is -0.326 e. The Hall–Kier alpha value is -2.04. The largest absolute Gasteiger partial charge is 0.326 e. The van der Waals surface area contributed by atoms with Gasteiger partial charge in [-0.15, -0.1) is 0 Å². The van der Waals surface area contributed by atoms with Gasteiger partial charge in [-0.05, 0) is 42.5 Å². The van der Waals surface area contributed by atoms with Crippen LogP contribution in [0.1, 0.15) is 17.3 Å². The van der Waals surface area contributed by atoms with Crippen LogP contribution in [0.3, 0.4) is 0 Å². The Morgan fingerprint density at radius 3 is 2.19 bits per heavy atom. The zero-order valence-corrected chi connectivity index (χ0v) is 12.6. The molecular formula is C15H12Cl2N2O2. The Labute approximate surface area is 132 Å². The Kier molecular flexibility index (Phi) is 4.83. The fourth-order valence-corrected chi connectivity index (χ4v) is 2.05. The molecule has 0 spiro atoms. The van der Waals surface area contributed by atoms with Crippen molar-refractivity contribution < 1.29 is 9.59 Å². The second-order valence-corrected chi connectivity index (χ2v) is 5.18. The molecule has 0 saturated carbocycles. The van der Waals surface area contributed by atoms with Crippen molar-refractivity contribution in [3.05, 3.63) is 58.1 Å². The maximum atomic E-state index is 12.1. The summed E-state index contributed by atoms with van der Waals surface area (Å²) in [6.45, 7) is 1.41. The summed E-state index contributed by atoms with van der Waals surface area (Å²) in [4.78, 5) is 23.0. The maximum Gasteiger partial charge on any atom is 0.255 e. The minimum absolute atomic E-state index is 0.191. The van der Waals surface area contributed by atoms with E-state index in [2.05, 4.69) is 10.6 Å². The fraction of sp³-hybridized carbons (Fsp3) is 0.0667. The molecule has 0 saturated heterocycles. The first kappa shape index (κ1) is 15.4. The van der Waals surface area contributed by atoms with Gasteiger partial charge in [0.25, 0.3) is 5.91 Å². The van der Waals surface area contributed by atoms with Crippen LogP contribution in [0, 0.1) is 0 Å². The van der Waals surface area contributed by atoms with Crippen LogP contribution in [-0.2, 0) is 4.79 Å². The van der Waals surface area contributed by atoms with E-state index in [9.17, 15) is 9.59 Å². The van der Waals surface area contributed by atoms with Crippen LogP contribution in [0.4, 0.5) is 11.4 Å². The Morgan fingerprint density at radius 2 is 1.62 bits per heavy atom. The standard InChI is InChI=1S/C15H12Cl2N2O2/c1-9(20)18-12-6-7-14(13(17)8-12)19-15(21)10-2-4-11(16)5-3-10/h2-8H,1H3,(H,18,20)(H,19,21). The van der Waals surface area contributed by atoms with E-state index in [-0.39, 0.29) is 11.8 Å². The summed E-state index contributed by atoms with van der Waals surface area (Å²) >= 11 is 11.9. The Bertz CT molecular complexity index is 685. The number of amides is 2. The number of hydrogen-bond acceptors (Lipinski definition) is 2. The van der Waals surface area contributed by atoms with Crippen molar-refractivity contribution in [2.24, 2.45) is 0 Å². The summed E-state index contributed by atoms with van der Waals surface area (Å²) in [6.07, 6.45) is 0. The highest BCUT2D eigenvalue weighted by Gasteiger charge is 2.09. The fourth-order valence-electron chi connectivity index (χ4n) is 1.69. The number of anilines is 2. The van der Waals surface area contributed by atoms with Crippen molar-refractivity contribution >= 4 is 46.4 Å². The summed E-state index contributed by atoms with van der Waals surface area (Å²) in [6, 6.07) is 11.4. The van der Waals surface area contributed by atoms with Gasteiger partial charge in [0.15, 0.2) is 0 Å². The molecule has 0 heterocycles. The molecule has 2 aromatic carbocycles. The lowest BCUT2D eigenvalue weighted by Gasteiger charge is -2.09. The Balaban J connectivity index is 2.14. The van der Waals surface area contributed by atoms with Crippen molar-refractivity contribution in [3.8, 4) is 0 Å². The molecule has 0 bridgehead atoms. The summed E-state index contributed by atoms with van der Waals surface area (Å²) < 4.78 is 0. The lowest BCUT2D eigenvalue weighted by atomic mass is 10.2. The van der Waals surface area contributed by atoms with Crippen LogP contribution < -0.4 is 10.6 Å². The predicted octanol–water partition coefficient (Wildman–Crippen LogP) is 4.20. The van der Waals surface area contributed by atoms with E-state index in [1.807, 2.05) is 0 Å². The molecule has 0 aliphatic rings. The number of nitrogens with one attached hydrogen (secondary N) is 2. The molecule has 2 rings (SSSR count). The van der Waals surface area contributed by atoms with Crippen LogP contribution in [0.25, 0.3) is 0 Å². The van der Waals surface area contributed by atoms with E-state index in [0.717, 1.165) is 0 Å². The van der Waals surface area contributed by atoms with Gasteiger partial charge in [-0.2, -0.15) is 0 Å². The second-order valence-electron chi connectivity index (χ2n) is 4.34. The van der Waals surface area contributed by atoms with Gasteiger partial charge in [-0.1, -0.05) is 23.2 Å². The highest BCUT2D eigenvalue weighted by atomic mass is 35.5. The van der Waals surface area contributed by atoms with Crippen molar-refractivity contribution in [1.29, 1.82) is 0 Å². The first-order valence-electron chi connectivity index (χ1n) is 6.10. The van der Waals surface area contributed by atoms with Gasteiger partial charge in [0, 0.05) is 23.2 Å². The number of benzene rings is 2. The van der Waals surface area contributed by atoms with Gasteiger partial charge in [0.1, 0.15) is 0 Å². The number of carbonyl (C=O) groups is 2. The van der Waals surface area contributed by atoms with Crippen LogP contribution in [-0.4, -0.2) is 11.8 Å². The lowest BCUT2D eigenvalue weighted by molar-refractivity contribution is -0.114. The molecule has 4 nitrogen and oxygen atoms in total. The van der Waals surface area contributed by atoms with E-state index < -0.39 is 0 Å². The zero-order chi connectivity index (χ0) is 15.4. The molecule has 2 aromatic rings. The van der Waals surface area contributed by atoms with Crippen LogP contribution in [0.5, 0.6) is 0 Å². The van der Waals surface area contributed by atoms with Crippen molar-refractivity contribution in [2.45, 2.75) is 6.92 Å². The van der Waals surface area contributed by atoms with Gasteiger partial charge in [-0.25, -0.2) is 0 Å². The molecule has 0 unspecified atom stereocenters. The average molecular weight is 323 g/mol. The summed E-state index contributed by atoms with van der Waals surface area (Å²) in [5, 5.41) is 6.21. The highest BCUT2D eigenvalue weighted by molar-refractivity contribution is 6.34. The third-order valence-electron chi connectivity index (χ3n) is 2.64. The Morgan fingerprint density at radius 1 is 0.952 bits per heavy atom. The van der Waals surface area contributed by atoms with Crippen LogP contribution in [0.2, 0.25) is 10.0 Å². The summed E-state index contributed by atoms with van der Waals surface area (Å²) in [5.74, 6) is -0.482. The molecule has 6 heteroatoms. The maximum absolute atomic E-state index is 12.1. The number of carbonyl (C=O) groups excluding carboxylic acids is 2. The van der Waals surface area contributed by atoms with E-state index >= 15 is 0 Å². The van der Waals surface area contributed by atoms with Crippen LogP contribution >= 0.6 is 23.2 Å². The van der Waals surface area contributed by atoms with Gasteiger partial charge < -0.3 is 10.6 Å². The SMILES string of the molecule is CC(=O)Nc1ccc(NC(=O)c2ccc(Cl)cc2)c(Cl)c1. The number of rotatable bonds is 3. The molecule has 0 fully saturated rings. The third kappa shape index (κ3) is 4.21. The average Bonchev–Trinajstić information content (AvgIpc) is 2.42. The second kappa shape index (κ2) is 6.61. The van der Waals surface area contributed by atoms with Crippen molar-refractivity contribution in [3.63, 3.8) is 0 Å². The van der Waals surface area contributed by atoms with Crippen molar-refractivity contribution in [1.82, 2.24) is 0 Å². The topological polar surface area (TPSA) is 58.2 Å². The van der Waals surface area contributed by atoms with E-state index in [0.29, 0.717) is 27.0 Å². The minimum atomic E-state index is -0.291. The highest BCUT2D eigenvalue weighted by Crippen LogP contribution is 2.26. The van der Waals surface area contributed by atoms with E-state index in [1.54, 1.807) is 42.5 Å². The zero-order valence-electron chi connectivity index (χ0n) is 11.1. The first-order valence-corrected chi connectivity index (χ1v) is 6.85. The van der Waals surface area contributed by atoms with Gasteiger partial charge in [-0.3, -0.25) is 9.59 Å². The van der Waals surface area contributed by atoms with E-state index in [4.69, 9.17) is 23.2 Å².